The summed E-state index contributed by atoms with van der Waals surface area (Å²) < 4.78 is 5.87. The largest absolute Gasteiger partial charge is 0.493 e. The van der Waals surface area contributed by atoms with E-state index in [-0.39, 0.29) is 5.78 Å². The Morgan fingerprint density at radius 2 is 1.58 bits per heavy atom. The number of unbranched alkanes of at least 4 members (excludes halogenated alkanes) is 3. The molecule has 148 valence electrons. The second kappa shape index (κ2) is 13.8. The molecule has 1 aromatic rings. The Kier molecular flexibility index (Phi) is 12.0. The van der Waals surface area contributed by atoms with Crippen LogP contribution in [0.5, 0.6) is 5.75 Å². The average Bonchev–Trinajstić information content (AvgIpc) is 2.67. The Morgan fingerprint density at radius 1 is 0.923 bits per heavy atom. The first-order valence-electron chi connectivity index (χ1n) is 10.7. The number of rotatable bonds is 15. The molecule has 0 saturated heterocycles. The van der Waals surface area contributed by atoms with E-state index >= 15 is 0 Å². The predicted molar refractivity (Wildman–Crippen MR) is 111 cm³/mol. The molecule has 0 fully saturated rings. The molecular weight excluding hydrogens is 322 g/mol. The number of aryl methyl sites for hydroxylation is 1. The molecule has 0 aliphatic rings. The summed E-state index contributed by atoms with van der Waals surface area (Å²) in [5.41, 5.74) is 1.97. The summed E-state index contributed by atoms with van der Waals surface area (Å²) in [5.74, 6) is 1.18. The number of benzene rings is 1. The number of ether oxygens (including phenoxy) is 1. The lowest BCUT2D eigenvalue weighted by Gasteiger charge is -2.21. The smallest absolute Gasteiger partial charge is 0.164 e. The van der Waals surface area contributed by atoms with Gasteiger partial charge in [-0.2, -0.15) is 0 Å². The molecule has 0 aliphatic heterocycles. The van der Waals surface area contributed by atoms with Gasteiger partial charge in [0.15, 0.2) is 5.78 Å². The number of hydrogen-bond donors (Lipinski definition) is 0. The van der Waals surface area contributed by atoms with Gasteiger partial charge in [-0.15, -0.1) is 0 Å². The summed E-state index contributed by atoms with van der Waals surface area (Å²) in [6, 6.07) is 5.95. The predicted octanol–water partition coefficient (Wildman–Crippen LogP) is 5.90. The molecule has 0 radical (unpaired) electrons. The van der Waals surface area contributed by atoms with E-state index in [0.717, 1.165) is 62.4 Å². The van der Waals surface area contributed by atoms with Crippen molar-refractivity contribution in [2.45, 2.75) is 79.1 Å². The first kappa shape index (κ1) is 22.7. The molecule has 0 N–H and O–H groups in total. The minimum absolute atomic E-state index is 0.248. The van der Waals surface area contributed by atoms with Crippen LogP contribution in [-0.4, -0.2) is 36.9 Å². The van der Waals surface area contributed by atoms with Gasteiger partial charge in [-0.1, -0.05) is 47.0 Å². The fraction of sp³-hybridized carbons (Fsp3) is 0.696. The van der Waals surface area contributed by atoms with Crippen molar-refractivity contribution in [2.24, 2.45) is 0 Å². The summed E-state index contributed by atoms with van der Waals surface area (Å²) in [6.07, 6.45) is 8.52. The Morgan fingerprint density at radius 3 is 2.15 bits per heavy atom. The Bertz CT molecular complexity index is 505. The van der Waals surface area contributed by atoms with Crippen LogP contribution in [0.4, 0.5) is 0 Å². The maximum absolute atomic E-state index is 12.7. The van der Waals surface area contributed by atoms with E-state index in [9.17, 15) is 4.79 Å². The Hall–Kier alpha value is -1.35. The van der Waals surface area contributed by atoms with Crippen molar-refractivity contribution < 1.29 is 9.53 Å². The topological polar surface area (TPSA) is 29.5 Å². The Balaban J connectivity index is 2.64. The molecule has 1 rings (SSSR count). The number of ketones is 1. The third-order valence-corrected chi connectivity index (χ3v) is 4.83. The van der Waals surface area contributed by atoms with Gasteiger partial charge in [0.1, 0.15) is 5.75 Å². The molecular formula is C23H39NO2. The van der Waals surface area contributed by atoms with Crippen LogP contribution in [0, 0.1) is 0 Å². The van der Waals surface area contributed by atoms with Crippen LogP contribution in [-0.2, 0) is 6.42 Å². The zero-order valence-electron chi connectivity index (χ0n) is 17.5. The molecule has 26 heavy (non-hydrogen) atoms. The number of nitrogens with zero attached hydrogens (tertiary/aromatic N) is 1. The Labute approximate surface area is 161 Å². The minimum Gasteiger partial charge on any atom is -0.493 e. The monoisotopic (exact) mass is 361 g/mol. The van der Waals surface area contributed by atoms with Gasteiger partial charge in [0.05, 0.1) is 6.61 Å². The second-order valence-electron chi connectivity index (χ2n) is 7.10. The first-order valence-corrected chi connectivity index (χ1v) is 10.7. The third kappa shape index (κ3) is 8.35. The summed E-state index contributed by atoms with van der Waals surface area (Å²) in [4.78, 5) is 15.1. The SMILES string of the molecule is CCCCOc1ccc(C(=O)CCN(CCCC)CCCC)cc1CC. The quantitative estimate of drug-likeness (QED) is 0.287. The standard InChI is InChI=1S/C23H39NO2/c1-5-9-15-24(16-10-6-2)17-14-22(25)21-12-13-23(20(8-4)19-21)26-18-11-7-3/h12-13,19H,5-11,14-18H2,1-4H3. The molecule has 0 amide bonds. The van der Waals surface area contributed by atoms with E-state index in [4.69, 9.17) is 4.74 Å². The van der Waals surface area contributed by atoms with Crippen molar-refractivity contribution >= 4 is 5.78 Å². The molecule has 0 unspecified atom stereocenters. The van der Waals surface area contributed by atoms with Gasteiger partial charge in [0.2, 0.25) is 0 Å². The van der Waals surface area contributed by atoms with E-state index < -0.39 is 0 Å². The molecule has 3 nitrogen and oxygen atoms in total. The molecule has 0 bridgehead atoms. The molecule has 0 spiro atoms. The van der Waals surface area contributed by atoms with Crippen LogP contribution in [0.1, 0.15) is 88.6 Å². The summed E-state index contributed by atoms with van der Waals surface area (Å²) in [7, 11) is 0. The summed E-state index contributed by atoms with van der Waals surface area (Å²) in [6.45, 7) is 12.6. The van der Waals surface area contributed by atoms with E-state index in [1.54, 1.807) is 0 Å². The average molecular weight is 362 g/mol. The van der Waals surface area contributed by atoms with Crippen LogP contribution in [0.2, 0.25) is 0 Å². The van der Waals surface area contributed by atoms with Crippen LogP contribution in [0.3, 0.4) is 0 Å². The van der Waals surface area contributed by atoms with E-state index in [2.05, 4.69) is 32.6 Å². The van der Waals surface area contributed by atoms with E-state index in [1.165, 1.54) is 25.7 Å². The lowest BCUT2D eigenvalue weighted by molar-refractivity contribution is 0.0963. The molecule has 0 heterocycles. The number of carbonyl (C=O) groups excluding carboxylic acids is 1. The number of carbonyl (C=O) groups is 1. The van der Waals surface area contributed by atoms with Crippen LogP contribution in [0.25, 0.3) is 0 Å². The fourth-order valence-electron chi connectivity index (χ4n) is 3.00. The van der Waals surface area contributed by atoms with Crippen LogP contribution >= 0.6 is 0 Å². The highest BCUT2D eigenvalue weighted by molar-refractivity contribution is 5.96. The highest BCUT2D eigenvalue weighted by Crippen LogP contribution is 2.22. The number of Topliss-reactive ketones (excluding diaryl/α,β-unsaturated/α-hetero) is 1. The molecule has 1 aromatic carbocycles. The lowest BCUT2D eigenvalue weighted by Crippen LogP contribution is -2.28. The number of hydrogen-bond acceptors (Lipinski definition) is 3. The minimum atomic E-state index is 0.248. The van der Waals surface area contributed by atoms with Crippen molar-refractivity contribution in [1.82, 2.24) is 4.90 Å². The van der Waals surface area contributed by atoms with Crippen molar-refractivity contribution in [3.8, 4) is 5.75 Å². The molecule has 3 heteroatoms. The third-order valence-electron chi connectivity index (χ3n) is 4.83. The van der Waals surface area contributed by atoms with Crippen molar-refractivity contribution in [3.05, 3.63) is 29.3 Å². The zero-order chi connectivity index (χ0) is 19.2. The normalized spacial score (nSPS) is 11.1. The van der Waals surface area contributed by atoms with Gasteiger partial charge in [0, 0.05) is 18.5 Å². The zero-order valence-corrected chi connectivity index (χ0v) is 17.5. The maximum atomic E-state index is 12.7. The van der Waals surface area contributed by atoms with Gasteiger partial charge < -0.3 is 9.64 Å². The van der Waals surface area contributed by atoms with Crippen molar-refractivity contribution in [3.63, 3.8) is 0 Å². The fourth-order valence-corrected chi connectivity index (χ4v) is 3.00. The molecule has 0 atom stereocenters. The lowest BCUT2D eigenvalue weighted by atomic mass is 10.0. The summed E-state index contributed by atoms with van der Waals surface area (Å²) in [5, 5.41) is 0. The second-order valence-corrected chi connectivity index (χ2v) is 7.10. The maximum Gasteiger partial charge on any atom is 0.164 e. The van der Waals surface area contributed by atoms with E-state index in [0.29, 0.717) is 6.42 Å². The molecule has 0 aliphatic carbocycles. The molecule has 0 saturated carbocycles. The van der Waals surface area contributed by atoms with Gasteiger partial charge in [-0.05, 0) is 62.5 Å². The van der Waals surface area contributed by atoms with Crippen molar-refractivity contribution in [2.75, 3.05) is 26.2 Å². The van der Waals surface area contributed by atoms with Gasteiger partial charge >= 0.3 is 0 Å². The molecule has 0 aromatic heterocycles. The summed E-state index contributed by atoms with van der Waals surface area (Å²) >= 11 is 0. The van der Waals surface area contributed by atoms with Gasteiger partial charge in [-0.3, -0.25) is 4.79 Å². The van der Waals surface area contributed by atoms with Gasteiger partial charge in [0.25, 0.3) is 0 Å². The van der Waals surface area contributed by atoms with Crippen molar-refractivity contribution in [1.29, 1.82) is 0 Å². The first-order chi connectivity index (χ1) is 12.7. The van der Waals surface area contributed by atoms with Crippen LogP contribution in [0.15, 0.2) is 18.2 Å². The van der Waals surface area contributed by atoms with E-state index in [1.807, 2.05) is 18.2 Å². The highest BCUT2D eigenvalue weighted by atomic mass is 16.5. The van der Waals surface area contributed by atoms with Crippen LogP contribution < -0.4 is 4.74 Å². The highest BCUT2D eigenvalue weighted by Gasteiger charge is 2.12. The van der Waals surface area contributed by atoms with Gasteiger partial charge in [-0.25, -0.2) is 0 Å².